The monoisotopic (exact) mass is 212 g/mol. The first-order valence-corrected chi connectivity index (χ1v) is 0.913. The zero-order chi connectivity index (χ0) is 4.99. The standard InChI is InChI=1S/N2O4.H2O.Ru/c3-1-6-2(4)5;;/h;1H2;. The number of nitrogens with zero attached hydrogens (tertiary/aromatic N) is 2. The van der Waals surface area contributed by atoms with E-state index in [0.29, 0.717) is 0 Å². The van der Waals surface area contributed by atoms with Crippen LogP contribution < -0.4 is 0 Å². The van der Waals surface area contributed by atoms with Gasteiger partial charge in [0.25, 0.3) is 0 Å². The molecule has 0 radical (unpaired) electrons. The summed E-state index contributed by atoms with van der Waals surface area (Å²) in [4.78, 5) is 20.4. The van der Waals surface area contributed by atoms with Gasteiger partial charge in [0.15, 0.2) is 5.09 Å². The molecular formula is H2N2O5Ru. The fourth-order valence-corrected chi connectivity index (χ4v) is 0.0272. The quantitative estimate of drug-likeness (QED) is 0.253. The van der Waals surface area contributed by atoms with E-state index in [4.69, 9.17) is 15.0 Å². The molecule has 2 N–H and O–H groups in total. The van der Waals surface area contributed by atoms with Gasteiger partial charge in [-0.15, -0.1) is 4.94 Å². The molecule has 0 unspecified atom stereocenters. The first kappa shape index (κ1) is 15.7. The summed E-state index contributed by atoms with van der Waals surface area (Å²) in [7, 11) is 0. The SMILES string of the molecule is O.O=NO[N+](=O)[O-].[Ru]. The zero-order valence-corrected chi connectivity index (χ0v) is 5.12. The largest absolute Gasteiger partial charge is 0.412 e. The number of rotatable bonds is 2. The first-order valence-electron chi connectivity index (χ1n) is 0.913. The van der Waals surface area contributed by atoms with Gasteiger partial charge in [0.1, 0.15) is 0 Å². The molecule has 8 heteroatoms. The predicted octanol–water partition coefficient (Wildman–Crippen LogP) is -0.951. The van der Waals surface area contributed by atoms with Gasteiger partial charge in [0.2, 0.25) is 0 Å². The average molecular weight is 211 g/mol. The topological polar surface area (TPSA) is 113 Å². The summed E-state index contributed by atoms with van der Waals surface area (Å²) in [6, 6.07) is 0. The Morgan fingerprint density at radius 1 is 1.62 bits per heavy atom. The number of hydrogen-bond acceptors (Lipinski definition) is 5. The molecule has 0 aromatic rings. The molecule has 0 amide bonds. The van der Waals surface area contributed by atoms with Gasteiger partial charge in [-0.05, 0) is 0 Å². The summed E-state index contributed by atoms with van der Waals surface area (Å²) in [5, 5.41) is 9.08. The van der Waals surface area contributed by atoms with Gasteiger partial charge in [0.05, 0.1) is 0 Å². The molecule has 0 saturated heterocycles. The van der Waals surface area contributed by atoms with E-state index in [1.807, 2.05) is 0 Å². The Morgan fingerprint density at radius 3 is 2.00 bits per heavy atom. The van der Waals surface area contributed by atoms with Crippen LogP contribution >= 0.6 is 0 Å². The molecule has 0 rings (SSSR count). The van der Waals surface area contributed by atoms with Crippen molar-refractivity contribution in [3.05, 3.63) is 15.0 Å². The van der Waals surface area contributed by atoms with Crippen LogP contribution in [0.3, 0.4) is 0 Å². The van der Waals surface area contributed by atoms with E-state index in [9.17, 15) is 0 Å². The Labute approximate surface area is 56.1 Å². The van der Waals surface area contributed by atoms with Gasteiger partial charge < -0.3 is 5.48 Å². The van der Waals surface area contributed by atoms with Crippen LogP contribution in [0.1, 0.15) is 0 Å². The Kier molecular flexibility index (Phi) is 18.8. The van der Waals surface area contributed by atoms with Gasteiger partial charge in [0, 0.05) is 24.4 Å². The van der Waals surface area contributed by atoms with Crippen LogP contribution in [0.5, 0.6) is 0 Å². The Hall–Kier alpha value is -0.617. The van der Waals surface area contributed by atoms with Crippen molar-refractivity contribution >= 4 is 0 Å². The minimum Gasteiger partial charge on any atom is -0.412 e. The third kappa shape index (κ3) is 18.2. The van der Waals surface area contributed by atoms with Crippen molar-refractivity contribution in [3.8, 4) is 0 Å². The summed E-state index contributed by atoms with van der Waals surface area (Å²) >= 11 is 0. The molecule has 0 aliphatic carbocycles. The van der Waals surface area contributed by atoms with E-state index in [1.165, 1.54) is 5.34 Å². The van der Waals surface area contributed by atoms with Gasteiger partial charge in [-0.3, -0.25) is 0 Å². The van der Waals surface area contributed by atoms with Gasteiger partial charge in [-0.2, -0.15) is 0 Å². The maximum Gasteiger partial charge on any atom is 0.354 e. The minimum absolute atomic E-state index is 0. The van der Waals surface area contributed by atoms with E-state index < -0.39 is 5.09 Å². The van der Waals surface area contributed by atoms with Crippen LogP contribution in [0, 0.1) is 15.0 Å². The van der Waals surface area contributed by atoms with E-state index in [1.54, 1.807) is 0 Å². The second-order valence-electron chi connectivity index (χ2n) is 0.380. The molecular weight excluding hydrogens is 209 g/mol. The summed E-state index contributed by atoms with van der Waals surface area (Å²) in [5.74, 6) is 0. The maximum atomic E-state index is 8.89. The molecule has 0 aliphatic heterocycles. The number of hydrogen-bond donors (Lipinski definition) is 0. The van der Waals surface area contributed by atoms with Crippen molar-refractivity contribution in [2.75, 3.05) is 0 Å². The minimum atomic E-state index is -1.30. The van der Waals surface area contributed by atoms with Crippen LogP contribution in [0.15, 0.2) is 5.34 Å². The normalized spacial score (nSPS) is 5.00. The van der Waals surface area contributed by atoms with Gasteiger partial charge in [-0.1, -0.05) is 0 Å². The molecule has 0 aliphatic rings. The van der Waals surface area contributed by atoms with E-state index in [2.05, 4.69) is 4.94 Å². The molecule has 0 aromatic carbocycles. The Balaban J connectivity index is -0.000000125. The van der Waals surface area contributed by atoms with E-state index >= 15 is 0 Å². The smallest absolute Gasteiger partial charge is 0.354 e. The van der Waals surface area contributed by atoms with Crippen LogP contribution in [0.25, 0.3) is 0 Å². The third-order valence-corrected chi connectivity index (χ3v) is 0.100. The molecule has 0 heterocycles. The van der Waals surface area contributed by atoms with Crippen molar-refractivity contribution < 1.29 is 35.0 Å². The maximum absolute atomic E-state index is 8.89. The van der Waals surface area contributed by atoms with Crippen molar-refractivity contribution in [2.24, 2.45) is 5.34 Å². The fraction of sp³-hybridized carbons (Fsp3) is 0. The molecule has 7 nitrogen and oxygen atoms in total. The zero-order valence-electron chi connectivity index (χ0n) is 3.38. The molecule has 0 bridgehead atoms. The van der Waals surface area contributed by atoms with Gasteiger partial charge >= 0.3 is 5.34 Å². The van der Waals surface area contributed by atoms with Crippen LogP contribution in [-0.2, 0) is 24.4 Å². The first-order chi connectivity index (χ1) is 2.77. The molecule has 8 heavy (non-hydrogen) atoms. The molecule has 0 saturated carbocycles. The summed E-state index contributed by atoms with van der Waals surface area (Å²) in [6.45, 7) is 0. The van der Waals surface area contributed by atoms with Crippen molar-refractivity contribution in [1.29, 1.82) is 0 Å². The van der Waals surface area contributed by atoms with Crippen molar-refractivity contribution in [3.63, 3.8) is 0 Å². The summed E-state index contributed by atoms with van der Waals surface area (Å²) < 4.78 is 0. The predicted molar refractivity (Wildman–Crippen MR) is 17.5 cm³/mol. The van der Waals surface area contributed by atoms with Crippen LogP contribution in [-0.4, -0.2) is 10.6 Å². The van der Waals surface area contributed by atoms with Crippen LogP contribution in [0.2, 0.25) is 0 Å². The Bertz CT molecular complexity index is 70.8. The summed E-state index contributed by atoms with van der Waals surface area (Å²) in [6.07, 6.45) is 0. The second kappa shape index (κ2) is 9.63. The molecule has 0 spiro atoms. The van der Waals surface area contributed by atoms with E-state index in [-0.39, 0.29) is 25.0 Å². The third-order valence-electron chi connectivity index (χ3n) is 0.100. The van der Waals surface area contributed by atoms with Gasteiger partial charge in [-0.25, -0.2) is 10.1 Å². The fourth-order valence-electron chi connectivity index (χ4n) is 0.0272. The van der Waals surface area contributed by atoms with Crippen molar-refractivity contribution in [1.82, 2.24) is 0 Å². The second-order valence-corrected chi connectivity index (χ2v) is 0.380. The molecule has 0 atom stereocenters. The van der Waals surface area contributed by atoms with Crippen LogP contribution in [0.4, 0.5) is 0 Å². The van der Waals surface area contributed by atoms with Crippen molar-refractivity contribution in [2.45, 2.75) is 0 Å². The molecule has 50 valence electrons. The summed E-state index contributed by atoms with van der Waals surface area (Å²) in [5.41, 5.74) is 0. The Morgan fingerprint density at radius 2 is 2.00 bits per heavy atom. The molecule has 0 aromatic heterocycles. The molecule has 0 fully saturated rings. The average Bonchev–Trinajstić information content (AvgIpc) is 1.35. The van der Waals surface area contributed by atoms with E-state index in [0.717, 1.165) is 0 Å².